The zero-order chi connectivity index (χ0) is 9.97. The Morgan fingerprint density at radius 2 is 2.57 bits per heavy atom. The van der Waals surface area contributed by atoms with Crippen LogP contribution in [0.4, 0.5) is 0 Å². The predicted octanol–water partition coefficient (Wildman–Crippen LogP) is 2.23. The minimum atomic E-state index is 0.288. The molecule has 78 valence electrons. The van der Waals surface area contributed by atoms with Crippen LogP contribution in [0, 0.1) is 0 Å². The van der Waals surface area contributed by atoms with E-state index >= 15 is 0 Å². The van der Waals surface area contributed by atoms with E-state index < -0.39 is 0 Å². The predicted molar refractivity (Wildman–Crippen MR) is 61.5 cm³/mol. The maximum Gasteiger partial charge on any atom is 0.0442 e. The van der Waals surface area contributed by atoms with Gasteiger partial charge in [0, 0.05) is 23.5 Å². The molecule has 1 aromatic rings. The van der Waals surface area contributed by atoms with Crippen molar-refractivity contribution < 1.29 is 0 Å². The highest BCUT2D eigenvalue weighted by Gasteiger charge is 2.26. The third kappa shape index (κ3) is 2.16. The first kappa shape index (κ1) is 10.1. The Labute approximate surface area is 89.7 Å². The molecule has 2 nitrogen and oxygen atoms in total. The molecule has 2 unspecified atom stereocenters. The molecule has 14 heavy (non-hydrogen) atoms. The number of rotatable bonds is 3. The van der Waals surface area contributed by atoms with Crippen LogP contribution in [0.3, 0.4) is 0 Å². The van der Waals surface area contributed by atoms with E-state index in [-0.39, 0.29) is 6.04 Å². The molecular weight excluding hydrogens is 192 g/mol. The molecule has 3 heteroatoms. The molecule has 0 aliphatic carbocycles. The molecule has 2 atom stereocenters. The molecular formula is C11H18N2S. The van der Waals surface area contributed by atoms with Crippen molar-refractivity contribution in [3.8, 4) is 0 Å². The van der Waals surface area contributed by atoms with Crippen LogP contribution in [0.2, 0.25) is 0 Å². The third-order valence-corrected chi connectivity index (χ3v) is 3.73. The zero-order valence-electron chi connectivity index (χ0n) is 8.65. The molecule has 1 aliphatic rings. The van der Waals surface area contributed by atoms with Crippen LogP contribution in [0.5, 0.6) is 0 Å². The molecule has 2 N–H and O–H groups in total. The smallest absolute Gasteiger partial charge is 0.0442 e. The second-order valence-corrected chi connectivity index (χ2v) is 5.12. The SMILES string of the molecule is CC(N)CN1CCCC1c1cccs1. The molecule has 1 aliphatic heterocycles. The van der Waals surface area contributed by atoms with Crippen LogP contribution in [0.15, 0.2) is 17.5 Å². The lowest BCUT2D eigenvalue weighted by Crippen LogP contribution is -2.34. The van der Waals surface area contributed by atoms with E-state index in [0.29, 0.717) is 6.04 Å². The minimum Gasteiger partial charge on any atom is -0.327 e. The highest BCUT2D eigenvalue weighted by Crippen LogP contribution is 2.34. The second kappa shape index (κ2) is 4.43. The van der Waals surface area contributed by atoms with Gasteiger partial charge in [0.25, 0.3) is 0 Å². The number of likely N-dealkylation sites (tertiary alicyclic amines) is 1. The normalized spacial score (nSPS) is 25.4. The summed E-state index contributed by atoms with van der Waals surface area (Å²) in [5.74, 6) is 0. The Balaban J connectivity index is 2.04. The summed E-state index contributed by atoms with van der Waals surface area (Å²) in [5, 5.41) is 2.16. The summed E-state index contributed by atoms with van der Waals surface area (Å²) in [5.41, 5.74) is 5.85. The van der Waals surface area contributed by atoms with Crippen LogP contribution in [-0.2, 0) is 0 Å². The molecule has 1 saturated heterocycles. The van der Waals surface area contributed by atoms with Crippen molar-refractivity contribution in [2.45, 2.75) is 31.8 Å². The summed E-state index contributed by atoms with van der Waals surface area (Å²) in [6, 6.07) is 5.31. The maximum atomic E-state index is 5.85. The maximum absolute atomic E-state index is 5.85. The van der Waals surface area contributed by atoms with Crippen LogP contribution >= 0.6 is 11.3 Å². The van der Waals surface area contributed by atoms with Crippen molar-refractivity contribution in [1.82, 2.24) is 4.90 Å². The van der Waals surface area contributed by atoms with Gasteiger partial charge in [-0.25, -0.2) is 0 Å². The van der Waals surface area contributed by atoms with Gasteiger partial charge in [0.15, 0.2) is 0 Å². The second-order valence-electron chi connectivity index (χ2n) is 4.15. The highest BCUT2D eigenvalue weighted by molar-refractivity contribution is 7.10. The molecule has 1 aromatic heterocycles. The largest absolute Gasteiger partial charge is 0.327 e. The molecule has 2 heterocycles. The van der Waals surface area contributed by atoms with Gasteiger partial charge in [-0.1, -0.05) is 6.07 Å². The average molecular weight is 210 g/mol. The van der Waals surface area contributed by atoms with Crippen LogP contribution < -0.4 is 5.73 Å². The van der Waals surface area contributed by atoms with Gasteiger partial charge in [-0.2, -0.15) is 0 Å². The summed E-state index contributed by atoms with van der Waals surface area (Å²) in [7, 11) is 0. The first-order valence-corrected chi connectivity index (χ1v) is 6.18. The Bertz CT molecular complexity index is 269. The highest BCUT2D eigenvalue weighted by atomic mass is 32.1. The Hall–Kier alpha value is -0.380. The average Bonchev–Trinajstić information content (AvgIpc) is 2.70. The fraction of sp³-hybridized carbons (Fsp3) is 0.636. The van der Waals surface area contributed by atoms with Crippen molar-refractivity contribution in [3.63, 3.8) is 0 Å². The zero-order valence-corrected chi connectivity index (χ0v) is 9.46. The lowest BCUT2D eigenvalue weighted by atomic mass is 10.2. The van der Waals surface area contributed by atoms with E-state index in [1.165, 1.54) is 24.3 Å². The van der Waals surface area contributed by atoms with Gasteiger partial charge in [-0.15, -0.1) is 11.3 Å². The van der Waals surface area contributed by atoms with Crippen LogP contribution in [0.1, 0.15) is 30.7 Å². The Morgan fingerprint density at radius 1 is 1.71 bits per heavy atom. The van der Waals surface area contributed by atoms with Gasteiger partial charge >= 0.3 is 0 Å². The first-order chi connectivity index (χ1) is 6.77. The van der Waals surface area contributed by atoms with Crippen molar-refractivity contribution in [2.75, 3.05) is 13.1 Å². The molecule has 0 radical (unpaired) electrons. The van der Waals surface area contributed by atoms with E-state index in [2.05, 4.69) is 29.3 Å². The Kier molecular flexibility index (Phi) is 3.21. The molecule has 0 saturated carbocycles. The number of thiophene rings is 1. The van der Waals surface area contributed by atoms with E-state index in [4.69, 9.17) is 5.73 Å². The van der Waals surface area contributed by atoms with Crippen molar-refractivity contribution in [2.24, 2.45) is 5.73 Å². The van der Waals surface area contributed by atoms with Crippen molar-refractivity contribution in [3.05, 3.63) is 22.4 Å². The van der Waals surface area contributed by atoms with Gasteiger partial charge in [-0.3, -0.25) is 4.90 Å². The van der Waals surface area contributed by atoms with E-state index in [1.54, 1.807) is 0 Å². The van der Waals surface area contributed by atoms with Crippen molar-refractivity contribution >= 4 is 11.3 Å². The minimum absolute atomic E-state index is 0.288. The Morgan fingerprint density at radius 3 is 3.21 bits per heavy atom. The molecule has 1 fully saturated rings. The summed E-state index contributed by atoms with van der Waals surface area (Å²) < 4.78 is 0. The van der Waals surface area contributed by atoms with Gasteiger partial charge < -0.3 is 5.73 Å². The molecule has 0 aromatic carbocycles. The molecule has 0 spiro atoms. The van der Waals surface area contributed by atoms with Crippen LogP contribution in [-0.4, -0.2) is 24.0 Å². The van der Waals surface area contributed by atoms with Gasteiger partial charge in [0.05, 0.1) is 0 Å². The quantitative estimate of drug-likeness (QED) is 0.829. The fourth-order valence-electron chi connectivity index (χ4n) is 2.22. The number of nitrogens with two attached hydrogens (primary N) is 1. The van der Waals surface area contributed by atoms with Gasteiger partial charge in [0.2, 0.25) is 0 Å². The van der Waals surface area contributed by atoms with E-state index in [1.807, 2.05) is 11.3 Å². The van der Waals surface area contributed by atoms with Crippen molar-refractivity contribution in [1.29, 1.82) is 0 Å². The molecule has 0 bridgehead atoms. The summed E-state index contributed by atoms with van der Waals surface area (Å²) in [6.45, 7) is 4.33. The number of hydrogen-bond donors (Lipinski definition) is 1. The number of nitrogens with zero attached hydrogens (tertiary/aromatic N) is 1. The molecule has 2 rings (SSSR count). The summed E-state index contributed by atoms with van der Waals surface area (Å²) >= 11 is 1.87. The first-order valence-electron chi connectivity index (χ1n) is 5.30. The van der Waals surface area contributed by atoms with E-state index in [9.17, 15) is 0 Å². The number of hydrogen-bond acceptors (Lipinski definition) is 3. The fourth-order valence-corrected chi connectivity index (χ4v) is 3.11. The standard InChI is InChI=1S/C11H18N2S/c1-9(12)8-13-6-2-4-10(13)11-5-3-7-14-11/h3,5,7,9-10H,2,4,6,8,12H2,1H3. The van der Waals surface area contributed by atoms with Gasteiger partial charge in [-0.05, 0) is 37.8 Å². The van der Waals surface area contributed by atoms with Crippen LogP contribution in [0.25, 0.3) is 0 Å². The monoisotopic (exact) mass is 210 g/mol. The van der Waals surface area contributed by atoms with E-state index in [0.717, 1.165) is 6.54 Å². The summed E-state index contributed by atoms with van der Waals surface area (Å²) in [4.78, 5) is 4.03. The topological polar surface area (TPSA) is 29.3 Å². The lowest BCUT2D eigenvalue weighted by Gasteiger charge is -2.25. The molecule has 0 amide bonds. The lowest BCUT2D eigenvalue weighted by molar-refractivity contribution is 0.248. The van der Waals surface area contributed by atoms with Gasteiger partial charge in [0.1, 0.15) is 0 Å². The third-order valence-electron chi connectivity index (χ3n) is 2.76. The summed E-state index contributed by atoms with van der Waals surface area (Å²) in [6.07, 6.45) is 2.61.